The molecule has 0 aliphatic rings. The molecule has 0 atom stereocenters. The van der Waals surface area contributed by atoms with Crippen LogP contribution in [0.5, 0.6) is 0 Å². The van der Waals surface area contributed by atoms with Gasteiger partial charge < -0.3 is 36.9 Å². The van der Waals surface area contributed by atoms with Crippen molar-refractivity contribution < 1.29 is 240 Å². The standard InChI is InChI=1S/6H3N.18H2O3S2/c;;;;;;18*1-5(2,3)4/h6*1H3;18*(H2,1,2,3,4). The highest BCUT2D eigenvalue weighted by Gasteiger charge is 1.85. The molecule has 54 N–H and O–H groups in total. The molecule has 0 aliphatic heterocycles. The van der Waals surface area contributed by atoms with Crippen molar-refractivity contribution in [3.8, 4) is 0 Å². The summed E-state index contributed by atoms with van der Waals surface area (Å²) in [6, 6.07) is 0. The fraction of sp³-hybridized carbons (Fsp3) is 0. The second kappa shape index (κ2) is 76.7. The molecule has 60 nitrogen and oxygen atoms in total. The Kier molecular flexibility index (Phi) is 136. The largest absolute Gasteiger partial charge is 0.344 e. The molecule has 0 aromatic carbocycles. The van der Waals surface area contributed by atoms with Crippen LogP contribution in [-0.4, -0.2) is 240 Å². The highest BCUT2D eigenvalue weighted by molar-refractivity contribution is 8.31. The van der Waals surface area contributed by atoms with E-state index in [-0.39, 0.29) is 36.9 Å². The predicted molar refractivity (Wildman–Crippen MR) is 404 cm³/mol. The van der Waals surface area contributed by atoms with Crippen molar-refractivity contribution in [2.75, 3.05) is 0 Å². The average Bonchev–Trinajstić information content (AvgIpc) is 2.79. The molecule has 0 aromatic rings. The summed E-state index contributed by atoms with van der Waals surface area (Å²) in [5.41, 5.74) is 0. The summed E-state index contributed by atoms with van der Waals surface area (Å²) in [6.07, 6.45) is 0. The van der Waals surface area contributed by atoms with Crippen LogP contribution in [0.1, 0.15) is 0 Å². The van der Waals surface area contributed by atoms with Crippen molar-refractivity contribution in [1.29, 1.82) is 0 Å². The molecule has 0 aliphatic carbocycles. The van der Waals surface area contributed by atoms with E-state index >= 15 is 0 Å². The SMILES string of the molecule is N.N.N.N.N.N.O=S(O)(O)=S.O=S(O)(O)=S.O=S(O)(O)=S.O=S(O)(O)=S.O=S(O)(O)=S.O=S(O)(O)=S.O=S(O)(O)=S.O=S(O)(O)=S.O=S(O)(O)=S.O=S(O)(O)=S.O=S(O)(O)=S.O=S(O)(O)=S.O=S(O)(O)=S.O=S(O)(O)=S.O=S(O)(O)=S.O=S(O)(O)=S.O=S(O)(O)=S.O=S(O)(O)=S. The maximum absolute atomic E-state index is 9.11. The fourth-order valence-corrected chi connectivity index (χ4v) is 0. The average molecular weight is 2160 g/mol. The van der Waals surface area contributed by atoms with Gasteiger partial charge in [0.25, 0.3) is 163 Å². The zero-order valence-corrected chi connectivity index (χ0v) is 71.8. The Morgan fingerprint density at radius 1 is 0.0938 bits per heavy atom. The minimum absolute atomic E-state index is 0. The molecule has 0 rings (SSSR count). The molecule has 0 saturated heterocycles. The van der Waals surface area contributed by atoms with Gasteiger partial charge in [-0.25, -0.2) is 0 Å². The normalized spacial score (nSPS) is 10.9. The molecular formula is H54N6O54S36. The minimum atomic E-state index is -3.83. The van der Waals surface area contributed by atoms with Crippen LogP contribution >= 0.6 is 0 Å². The van der Waals surface area contributed by atoms with E-state index in [1.807, 2.05) is 0 Å². The van der Waals surface area contributed by atoms with Crippen LogP contribution in [0.4, 0.5) is 0 Å². The maximum atomic E-state index is 9.11. The van der Waals surface area contributed by atoms with Gasteiger partial charge in [-0.3, -0.25) is 164 Å². The molecular weight excluding hydrogens is 2100 g/mol. The molecule has 624 valence electrons. The molecule has 0 amide bonds. The Labute approximate surface area is 632 Å². The van der Waals surface area contributed by atoms with Crippen LogP contribution in [0.25, 0.3) is 0 Å². The molecule has 0 unspecified atom stereocenters. The van der Waals surface area contributed by atoms with Crippen molar-refractivity contribution in [3.63, 3.8) is 0 Å². The first-order valence-corrected chi connectivity index (χ1v) is 55.7. The molecule has 0 fully saturated rings. The first kappa shape index (κ1) is 170. The first-order valence-electron chi connectivity index (χ1n) is 12.6. The minimum Gasteiger partial charge on any atom is -0.344 e. The summed E-state index contributed by atoms with van der Waals surface area (Å²) in [6.45, 7) is 0. The first-order chi connectivity index (χ1) is 36.0. The Bertz CT molecular complexity index is 2740. The van der Waals surface area contributed by atoms with Crippen LogP contribution in [0.3, 0.4) is 0 Å². The third kappa shape index (κ3) is 38300. The number of rotatable bonds is 0. The van der Waals surface area contributed by atoms with Crippen molar-refractivity contribution in [3.05, 3.63) is 0 Å². The van der Waals surface area contributed by atoms with Crippen LogP contribution in [0, 0.1) is 0 Å². The van der Waals surface area contributed by atoms with Gasteiger partial charge in [-0.2, -0.15) is 75.8 Å². The molecule has 0 bridgehead atoms. The molecule has 96 heteroatoms. The lowest BCUT2D eigenvalue weighted by Gasteiger charge is -1.73. The summed E-state index contributed by atoms with van der Waals surface area (Å²) in [5.74, 6) is 0. The van der Waals surface area contributed by atoms with Gasteiger partial charge in [-0.1, -0.05) is 0 Å². The highest BCUT2D eigenvalue weighted by atomic mass is 32.9. The smallest absolute Gasteiger partial charge is 0.263 e. The Morgan fingerprint density at radius 2 is 0.0938 bits per heavy atom. The Morgan fingerprint density at radius 3 is 0.0938 bits per heavy atom. The zero-order chi connectivity index (χ0) is 81.0. The monoisotopic (exact) mass is 2150 g/mol. The lowest BCUT2D eigenvalue weighted by atomic mass is 14.0. The van der Waals surface area contributed by atoms with E-state index in [9.17, 15) is 0 Å². The molecule has 0 saturated carbocycles. The van der Waals surface area contributed by atoms with Gasteiger partial charge in [0.2, 0.25) is 0 Å². The quantitative estimate of drug-likeness (QED) is 0.108. The molecule has 0 radical (unpaired) electrons. The van der Waals surface area contributed by atoms with Gasteiger partial charge in [0.1, 0.15) is 0 Å². The lowest BCUT2D eigenvalue weighted by Crippen LogP contribution is -1.86. The van der Waals surface area contributed by atoms with Gasteiger partial charge >= 0.3 is 0 Å². The number of hydrogen-bond donors (Lipinski definition) is 42. The summed E-state index contributed by atoms with van der Waals surface area (Å²) < 4.78 is 431. The number of hydrogen-bond acceptors (Lipinski definition) is 42. The van der Waals surface area contributed by atoms with Crippen LogP contribution in [-0.2, 0) is 364 Å². The van der Waals surface area contributed by atoms with E-state index in [0.717, 1.165) is 0 Å². The van der Waals surface area contributed by atoms with Gasteiger partial charge in [-0.15, -0.1) is 0 Å². The zero-order valence-electron chi connectivity index (χ0n) is 42.4. The molecule has 96 heavy (non-hydrogen) atoms. The van der Waals surface area contributed by atoms with E-state index in [1.54, 1.807) is 0 Å². The van der Waals surface area contributed by atoms with E-state index in [1.165, 1.54) is 0 Å². The maximum Gasteiger partial charge on any atom is 0.263 e. The predicted octanol–water partition coefficient (Wildman–Crippen LogP) is -4.81. The van der Waals surface area contributed by atoms with Crippen molar-refractivity contribution in [2.45, 2.75) is 0 Å². The summed E-state index contributed by atoms with van der Waals surface area (Å²) in [7, 11) is -69.0. The van der Waals surface area contributed by atoms with Crippen LogP contribution in [0.15, 0.2) is 0 Å². The van der Waals surface area contributed by atoms with E-state index in [2.05, 4.69) is 201 Å². The topological polar surface area (TPSA) is 1250 Å². The second-order valence-electron chi connectivity index (χ2n) is 8.06. The Balaban J connectivity index is -0.0000000259. The summed E-state index contributed by atoms with van der Waals surface area (Å²) in [4.78, 5) is 0. The van der Waals surface area contributed by atoms with E-state index in [4.69, 9.17) is 240 Å². The van der Waals surface area contributed by atoms with Crippen molar-refractivity contribution >= 4 is 364 Å². The van der Waals surface area contributed by atoms with Gasteiger partial charge in [-0.05, 0) is 0 Å². The highest BCUT2D eigenvalue weighted by Crippen LogP contribution is 1.69. The van der Waals surface area contributed by atoms with Gasteiger partial charge in [0.05, 0.1) is 0 Å². The van der Waals surface area contributed by atoms with Crippen molar-refractivity contribution in [1.82, 2.24) is 36.9 Å². The van der Waals surface area contributed by atoms with Crippen molar-refractivity contribution in [2.24, 2.45) is 0 Å². The summed E-state index contributed by atoms with van der Waals surface area (Å²) >= 11 is 62.4. The lowest BCUT2D eigenvalue weighted by molar-refractivity contribution is 0.448. The molecule has 0 aromatic heterocycles. The third-order valence-electron chi connectivity index (χ3n) is 0. The third-order valence-corrected chi connectivity index (χ3v) is 0. The van der Waals surface area contributed by atoms with E-state index < -0.39 is 163 Å². The van der Waals surface area contributed by atoms with Gasteiger partial charge in [0.15, 0.2) is 0 Å². The van der Waals surface area contributed by atoms with Gasteiger partial charge in [0, 0.05) is 201 Å². The second-order valence-corrected chi connectivity index (χ2v) is 47.6. The fourth-order valence-electron chi connectivity index (χ4n) is 0. The molecule has 0 heterocycles. The van der Waals surface area contributed by atoms with Crippen LogP contribution in [0.2, 0.25) is 0 Å². The van der Waals surface area contributed by atoms with E-state index in [0.29, 0.717) is 0 Å². The molecule has 0 spiro atoms. The summed E-state index contributed by atoms with van der Waals surface area (Å²) in [5, 5.41) is 0. The Hall–Kier alpha value is 4.98. The van der Waals surface area contributed by atoms with Crippen LogP contribution < -0.4 is 36.9 Å².